The van der Waals surface area contributed by atoms with Gasteiger partial charge in [0.05, 0.1) is 10.9 Å². The summed E-state index contributed by atoms with van der Waals surface area (Å²) in [5, 5.41) is 10.8. The molecule has 1 atom stereocenters. The van der Waals surface area contributed by atoms with Gasteiger partial charge in [-0.15, -0.1) is 0 Å². The number of nitrogens with two attached hydrogens (primary N) is 1. The molecule has 0 radical (unpaired) electrons. The second-order valence-electron chi connectivity index (χ2n) is 6.65. The third-order valence-corrected chi connectivity index (χ3v) is 5.35. The molecule has 8 heteroatoms. The average Bonchev–Trinajstić information content (AvgIpc) is 3.47. The number of carbonyl (C=O) groups is 2. The molecule has 1 aliphatic carbocycles. The number of hydrogen-bond acceptors (Lipinski definition) is 4. The maximum atomic E-state index is 12.4. The number of rotatable bonds is 6. The molecular formula is C19H21N3O4S. The Labute approximate surface area is 158 Å². The van der Waals surface area contributed by atoms with Crippen molar-refractivity contribution >= 4 is 27.5 Å². The van der Waals surface area contributed by atoms with E-state index >= 15 is 0 Å². The summed E-state index contributed by atoms with van der Waals surface area (Å²) in [4.78, 5) is 24.2. The van der Waals surface area contributed by atoms with Crippen molar-refractivity contribution in [3.05, 3.63) is 59.7 Å². The van der Waals surface area contributed by atoms with Crippen molar-refractivity contribution in [2.45, 2.75) is 30.7 Å². The van der Waals surface area contributed by atoms with Crippen molar-refractivity contribution in [1.82, 2.24) is 5.32 Å². The van der Waals surface area contributed by atoms with Crippen molar-refractivity contribution in [3.63, 3.8) is 0 Å². The first-order valence-corrected chi connectivity index (χ1v) is 10.1. The molecule has 2 amide bonds. The van der Waals surface area contributed by atoms with Crippen molar-refractivity contribution in [1.29, 1.82) is 0 Å². The van der Waals surface area contributed by atoms with Crippen molar-refractivity contribution in [2.75, 3.05) is 5.32 Å². The number of sulfonamides is 1. The van der Waals surface area contributed by atoms with Gasteiger partial charge in [0, 0.05) is 17.2 Å². The normalized spacial score (nSPS) is 15.0. The quantitative estimate of drug-likeness (QED) is 0.704. The van der Waals surface area contributed by atoms with Crippen LogP contribution in [0.4, 0.5) is 5.69 Å². The Morgan fingerprint density at radius 2 is 1.63 bits per heavy atom. The van der Waals surface area contributed by atoms with E-state index in [0.717, 1.165) is 18.4 Å². The van der Waals surface area contributed by atoms with Gasteiger partial charge < -0.3 is 10.6 Å². The van der Waals surface area contributed by atoms with E-state index in [9.17, 15) is 18.0 Å². The van der Waals surface area contributed by atoms with Crippen LogP contribution in [0.25, 0.3) is 0 Å². The highest BCUT2D eigenvalue weighted by molar-refractivity contribution is 7.89. The van der Waals surface area contributed by atoms with Crippen LogP contribution in [0, 0.1) is 5.92 Å². The van der Waals surface area contributed by atoms with Crippen LogP contribution in [0.3, 0.4) is 0 Å². The van der Waals surface area contributed by atoms with E-state index in [0.29, 0.717) is 11.3 Å². The van der Waals surface area contributed by atoms with Crippen molar-refractivity contribution in [2.24, 2.45) is 11.1 Å². The monoisotopic (exact) mass is 387 g/mol. The Balaban J connectivity index is 1.61. The van der Waals surface area contributed by atoms with Crippen molar-refractivity contribution in [3.8, 4) is 0 Å². The summed E-state index contributed by atoms with van der Waals surface area (Å²) in [6.45, 7) is 1.80. The lowest BCUT2D eigenvalue weighted by atomic mass is 10.1. The second-order valence-corrected chi connectivity index (χ2v) is 8.21. The summed E-state index contributed by atoms with van der Waals surface area (Å²) >= 11 is 0. The minimum absolute atomic E-state index is 0.0174. The van der Waals surface area contributed by atoms with Gasteiger partial charge in [-0.25, -0.2) is 13.6 Å². The first-order valence-electron chi connectivity index (χ1n) is 8.58. The minimum Gasteiger partial charge on any atom is -0.346 e. The Morgan fingerprint density at radius 3 is 2.15 bits per heavy atom. The fourth-order valence-electron chi connectivity index (χ4n) is 2.60. The summed E-state index contributed by atoms with van der Waals surface area (Å²) < 4.78 is 22.6. The number of benzene rings is 2. The largest absolute Gasteiger partial charge is 0.346 e. The number of amides is 2. The highest BCUT2D eigenvalue weighted by Gasteiger charge is 2.29. The molecule has 7 nitrogen and oxygen atoms in total. The fourth-order valence-corrected chi connectivity index (χ4v) is 3.12. The molecule has 0 aromatic heterocycles. The van der Waals surface area contributed by atoms with Gasteiger partial charge in [0.15, 0.2) is 0 Å². The summed E-state index contributed by atoms with van der Waals surface area (Å²) in [6.07, 6.45) is 1.87. The molecule has 1 aliphatic rings. The summed E-state index contributed by atoms with van der Waals surface area (Å²) in [7, 11) is -3.74. The molecule has 0 bridgehead atoms. The number of anilines is 1. The molecule has 27 heavy (non-hydrogen) atoms. The predicted octanol–water partition coefficient (Wildman–Crippen LogP) is 2.17. The maximum absolute atomic E-state index is 12.4. The van der Waals surface area contributed by atoms with E-state index in [1.54, 1.807) is 43.3 Å². The zero-order chi connectivity index (χ0) is 19.6. The second kappa shape index (κ2) is 7.50. The highest BCUT2D eigenvalue weighted by atomic mass is 32.2. The van der Waals surface area contributed by atoms with Crippen molar-refractivity contribution < 1.29 is 18.0 Å². The minimum atomic E-state index is -3.74. The fraction of sp³-hybridized carbons (Fsp3) is 0.263. The van der Waals surface area contributed by atoms with Gasteiger partial charge in [0.1, 0.15) is 0 Å². The third-order valence-electron chi connectivity index (χ3n) is 4.42. The Bertz CT molecular complexity index is 949. The molecule has 0 aliphatic heterocycles. The van der Waals surface area contributed by atoms with Crippen LogP contribution in [0.2, 0.25) is 0 Å². The Kier molecular flexibility index (Phi) is 5.29. The van der Waals surface area contributed by atoms with E-state index in [4.69, 9.17) is 5.14 Å². The van der Waals surface area contributed by atoms with Crippen LogP contribution >= 0.6 is 0 Å². The molecular weight excluding hydrogens is 366 g/mol. The van der Waals surface area contributed by atoms with Crippen LogP contribution in [0.5, 0.6) is 0 Å². The lowest BCUT2D eigenvalue weighted by molar-refractivity contribution is -0.117. The lowest BCUT2D eigenvalue weighted by Crippen LogP contribution is -2.26. The third kappa shape index (κ3) is 4.93. The molecule has 4 N–H and O–H groups in total. The van der Waals surface area contributed by atoms with Crippen LogP contribution in [0.1, 0.15) is 41.7 Å². The maximum Gasteiger partial charge on any atom is 0.251 e. The highest BCUT2D eigenvalue weighted by Crippen LogP contribution is 2.30. The molecule has 2 aromatic carbocycles. The molecule has 142 valence electrons. The summed E-state index contributed by atoms with van der Waals surface area (Å²) in [5.74, 6) is -0.128. The average molecular weight is 387 g/mol. The molecule has 3 rings (SSSR count). The Hall–Kier alpha value is -2.71. The summed E-state index contributed by atoms with van der Waals surface area (Å²) in [6, 6.07) is 12.4. The first-order chi connectivity index (χ1) is 12.7. The van der Waals surface area contributed by atoms with Gasteiger partial charge in [-0.2, -0.15) is 0 Å². The SMILES string of the molecule is C[C@H](NC(=O)c1ccc(NC(=O)C2CC2)cc1)c1ccc(S(N)(=O)=O)cc1. The molecule has 2 aromatic rings. The zero-order valence-electron chi connectivity index (χ0n) is 14.8. The number of nitrogens with one attached hydrogen (secondary N) is 2. The molecule has 0 heterocycles. The van der Waals surface area contributed by atoms with Gasteiger partial charge in [0.25, 0.3) is 5.91 Å². The molecule has 1 fully saturated rings. The standard InChI is InChI=1S/C19H21N3O4S/c1-12(13-6-10-17(11-7-13)27(20,25)26)21-18(23)15-4-8-16(9-5-15)22-19(24)14-2-3-14/h4-12,14H,2-3H2,1H3,(H,21,23)(H,22,24)(H2,20,25,26)/t12-/m0/s1. The molecule has 1 saturated carbocycles. The lowest BCUT2D eigenvalue weighted by Gasteiger charge is -2.15. The van der Waals surface area contributed by atoms with Gasteiger partial charge >= 0.3 is 0 Å². The number of primary sulfonamides is 1. The van der Waals surface area contributed by atoms with Gasteiger partial charge in [-0.1, -0.05) is 12.1 Å². The Morgan fingerprint density at radius 1 is 1.04 bits per heavy atom. The van der Waals surface area contributed by atoms with E-state index in [-0.39, 0.29) is 28.7 Å². The number of carbonyl (C=O) groups excluding carboxylic acids is 2. The van der Waals surface area contributed by atoms with E-state index < -0.39 is 10.0 Å². The first kappa shape index (κ1) is 19.1. The summed E-state index contributed by atoms with van der Waals surface area (Å²) in [5.41, 5.74) is 1.88. The van der Waals surface area contributed by atoms with Gasteiger partial charge in [-0.3, -0.25) is 9.59 Å². The van der Waals surface area contributed by atoms with Crippen LogP contribution in [-0.4, -0.2) is 20.2 Å². The van der Waals surface area contributed by atoms with E-state index in [1.165, 1.54) is 12.1 Å². The zero-order valence-corrected chi connectivity index (χ0v) is 15.6. The number of hydrogen-bond donors (Lipinski definition) is 3. The molecule has 0 saturated heterocycles. The van der Waals surface area contributed by atoms with Gasteiger partial charge in [0.2, 0.25) is 15.9 Å². The topological polar surface area (TPSA) is 118 Å². The molecule has 0 spiro atoms. The van der Waals surface area contributed by atoms with Crippen LogP contribution in [-0.2, 0) is 14.8 Å². The van der Waals surface area contributed by atoms with E-state index in [1.807, 2.05) is 0 Å². The van der Waals surface area contributed by atoms with Crippen LogP contribution in [0.15, 0.2) is 53.4 Å². The van der Waals surface area contributed by atoms with E-state index in [2.05, 4.69) is 10.6 Å². The molecule has 0 unspecified atom stereocenters. The van der Waals surface area contributed by atoms with Crippen LogP contribution < -0.4 is 15.8 Å². The smallest absolute Gasteiger partial charge is 0.251 e. The predicted molar refractivity (Wildman–Crippen MR) is 101 cm³/mol. The van der Waals surface area contributed by atoms with Gasteiger partial charge in [-0.05, 0) is 61.7 Å².